The van der Waals surface area contributed by atoms with E-state index in [0.717, 1.165) is 72.1 Å². The van der Waals surface area contributed by atoms with Crippen molar-refractivity contribution in [1.29, 1.82) is 0 Å². The maximum atomic E-state index is 6.42. The Labute approximate surface area is 289 Å². The van der Waals surface area contributed by atoms with Crippen molar-refractivity contribution < 1.29 is 28.9 Å². The van der Waals surface area contributed by atoms with Crippen LogP contribution >= 0.6 is 0 Å². The molecule has 4 heterocycles. The molecule has 7 heteroatoms. The third-order valence-corrected chi connectivity index (χ3v) is 10.3. The summed E-state index contributed by atoms with van der Waals surface area (Å²) < 4.78 is 12.6. The Morgan fingerprint density at radius 2 is 1.36 bits per heavy atom. The Balaban J connectivity index is 0.000000194. The first kappa shape index (κ1) is 32.5. The molecule has 0 aliphatic heterocycles. The van der Waals surface area contributed by atoms with Crippen LogP contribution in [-0.2, 0) is 25.5 Å². The number of nitrogens with zero attached hydrogens (tertiary/aromatic N) is 3. The maximum Gasteiger partial charge on any atom is 0.177 e. The van der Waals surface area contributed by atoms with Crippen molar-refractivity contribution in [2.45, 2.75) is 45.8 Å². The second kappa shape index (κ2) is 12.6. The Hall–Kier alpha value is -4.42. The zero-order chi connectivity index (χ0) is 32.1. The zero-order valence-corrected chi connectivity index (χ0v) is 30.7. The van der Waals surface area contributed by atoms with Crippen molar-refractivity contribution in [3.8, 4) is 22.5 Å². The van der Waals surface area contributed by atoms with Crippen molar-refractivity contribution in [2.75, 3.05) is 0 Å². The van der Waals surface area contributed by atoms with Crippen LogP contribution in [0.15, 0.2) is 112 Å². The minimum Gasteiger partial charge on any atom is -0.497 e. The second-order valence-corrected chi connectivity index (χ2v) is 18.7. The minimum absolute atomic E-state index is 0. The normalized spacial score (nSPS) is 11.9. The van der Waals surface area contributed by atoms with E-state index in [9.17, 15) is 0 Å². The number of hydrogen-bond acceptors (Lipinski definition) is 5. The molecule has 4 aromatic carbocycles. The van der Waals surface area contributed by atoms with Gasteiger partial charge in [0.25, 0.3) is 0 Å². The fourth-order valence-electron chi connectivity index (χ4n) is 5.63. The molecule has 0 aliphatic rings. The van der Waals surface area contributed by atoms with Gasteiger partial charge in [-0.1, -0.05) is 93.8 Å². The smallest absolute Gasteiger partial charge is 0.177 e. The SMILES string of the molecule is CC(C)(C)c1cc(-c2[c-]ccc3c2oc2c3ccc3c4ccccc4oc32)ncn1.C[Si](C)(C)c1ccc(-c2[c-]cccc2)nc1.[Ir]. The number of hydrogen-bond donors (Lipinski definition) is 0. The van der Waals surface area contributed by atoms with Crippen molar-refractivity contribution in [3.63, 3.8) is 0 Å². The summed E-state index contributed by atoms with van der Waals surface area (Å²) in [6, 6.07) is 37.0. The van der Waals surface area contributed by atoms with Crippen molar-refractivity contribution in [3.05, 3.63) is 121 Å². The van der Waals surface area contributed by atoms with Gasteiger partial charge in [0.05, 0.1) is 13.7 Å². The van der Waals surface area contributed by atoms with Crippen LogP contribution in [-0.4, -0.2) is 23.0 Å². The van der Waals surface area contributed by atoms with Crippen molar-refractivity contribution >= 4 is 57.1 Å². The van der Waals surface area contributed by atoms with Crippen molar-refractivity contribution in [1.82, 2.24) is 15.0 Å². The van der Waals surface area contributed by atoms with Crippen LogP contribution in [0.2, 0.25) is 19.6 Å². The standard InChI is InChI=1S/C26H19N2O2.C14H16NSi.Ir/c1-26(2,3)22-13-20(27-14-28-22)19-9-6-8-16-18-12-11-17-15-7-4-5-10-21(15)29-24(17)25(18)30-23(16)19;1-16(2,3)13-9-10-14(15-11-13)12-7-5-4-6-8-12;/h4-8,10-14H,1-3H3;4-7,9-11H,1-3H3;/q2*-1;. The third-order valence-electron chi connectivity index (χ3n) is 8.25. The van der Waals surface area contributed by atoms with Crippen LogP contribution in [0.5, 0.6) is 0 Å². The second-order valence-electron chi connectivity index (χ2n) is 13.6. The molecule has 0 saturated carbocycles. The Bertz CT molecular complexity index is 2330. The van der Waals surface area contributed by atoms with Gasteiger partial charge in [-0.3, -0.25) is 4.98 Å². The number of pyridine rings is 1. The van der Waals surface area contributed by atoms with Gasteiger partial charge in [0.2, 0.25) is 0 Å². The molecule has 4 aromatic heterocycles. The van der Waals surface area contributed by atoms with Crippen LogP contribution in [0.25, 0.3) is 66.4 Å². The molecule has 8 aromatic rings. The van der Waals surface area contributed by atoms with Gasteiger partial charge in [-0.25, -0.2) is 4.98 Å². The van der Waals surface area contributed by atoms with E-state index < -0.39 is 8.07 Å². The summed E-state index contributed by atoms with van der Waals surface area (Å²) in [6.45, 7) is 13.4. The average molecular weight is 810 g/mol. The number of furan rings is 2. The summed E-state index contributed by atoms with van der Waals surface area (Å²) in [5, 5.41) is 5.59. The average Bonchev–Trinajstić information content (AvgIpc) is 3.64. The molecule has 0 atom stereocenters. The van der Waals surface area contributed by atoms with E-state index in [0.29, 0.717) is 0 Å². The molecular formula is C40H35IrN3O2Si-2. The molecule has 0 saturated heterocycles. The van der Waals surface area contributed by atoms with E-state index in [-0.39, 0.29) is 25.5 Å². The molecular weight excluding hydrogens is 775 g/mol. The topological polar surface area (TPSA) is 65.0 Å². The van der Waals surface area contributed by atoms with E-state index >= 15 is 0 Å². The predicted molar refractivity (Wildman–Crippen MR) is 191 cm³/mol. The number of aromatic nitrogens is 3. The molecule has 0 bridgehead atoms. The van der Waals surface area contributed by atoms with Crippen LogP contribution in [0.4, 0.5) is 0 Å². The molecule has 0 unspecified atom stereocenters. The third kappa shape index (κ3) is 6.31. The summed E-state index contributed by atoms with van der Waals surface area (Å²) in [5.41, 5.74) is 7.76. The van der Waals surface area contributed by atoms with Crippen LogP contribution in [0.1, 0.15) is 26.5 Å². The predicted octanol–water partition coefficient (Wildman–Crippen LogP) is 10.1. The molecule has 0 spiro atoms. The summed E-state index contributed by atoms with van der Waals surface area (Å²) in [6.07, 6.45) is 3.63. The molecule has 47 heavy (non-hydrogen) atoms. The Kier molecular flexibility index (Phi) is 8.75. The number of fused-ring (bicyclic) bond motifs is 7. The Morgan fingerprint density at radius 1 is 0.638 bits per heavy atom. The summed E-state index contributed by atoms with van der Waals surface area (Å²) in [4.78, 5) is 13.5. The molecule has 0 amide bonds. The largest absolute Gasteiger partial charge is 0.497 e. The number of rotatable bonds is 3. The van der Waals surface area contributed by atoms with E-state index in [1.54, 1.807) is 6.33 Å². The van der Waals surface area contributed by atoms with Crippen LogP contribution in [0, 0.1) is 12.1 Å². The minimum atomic E-state index is -1.23. The summed E-state index contributed by atoms with van der Waals surface area (Å²) in [7, 11) is -1.23. The van der Waals surface area contributed by atoms with Crippen LogP contribution in [0.3, 0.4) is 0 Å². The molecule has 5 nitrogen and oxygen atoms in total. The van der Waals surface area contributed by atoms with Gasteiger partial charge >= 0.3 is 0 Å². The van der Waals surface area contributed by atoms with Gasteiger partial charge in [0.15, 0.2) is 11.2 Å². The molecule has 0 aliphatic carbocycles. The molecule has 0 fully saturated rings. The van der Waals surface area contributed by atoms with Gasteiger partial charge in [0.1, 0.15) is 11.9 Å². The van der Waals surface area contributed by atoms with E-state index in [1.165, 1.54) is 5.19 Å². The first-order valence-corrected chi connectivity index (χ1v) is 19.0. The fourth-order valence-corrected chi connectivity index (χ4v) is 6.66. The number of benzene rings is 4. The van der Waals surface area contributed by atoms with E-state index in [1.807, 2.05) is 66.9 Å². The monoisotopic (exact) mass is 810 g/mol. The fraction of sp³-hybridized carbons (Fsp3) is 0.175. The van der Waals surface area contributed by atoms with Gasteiger partial charge < -0.3 is 13.8 Å². The van der Waals surface area contributed by atoms with Gasteiger partial charge in [-0.2, -0.15) is 0 Å². The molecule has 8 rings (SSSR count). The van der Waals surface area contributed by atoms with E-state index in [4.69, 9.17) is 8.83 Å². The quantitative estimate of drug-likeness (QED) is 0.131. The molecule has 1 radical (unpaired) electrons. The molecule has 237 valence electrons. The zero-order valence-electron chi connectivity index (χ0n) is 27.3. The van der Waals surface area contributed by atoms with Gasteiger partial charge in [-0.05, 0) is 28.7 Å². The first-order valence-electron chi connectivity index (χ1n) is 15.5. The Morgan fingerprint density at radius 3 is 2.06 bits per heavy atom. The summed E-state index contributed by atoms with van der Waals surface area (Å²) in [5.74, 6) is 0. The summed E-state index contributed by atoms with van der Waals surface area (Å²) >= 11 is 0. The molecule has 0 N–H and O–H groups in total. The maximum absolute atomic E-state index is 6.42. The first-order chi connectivity index (χ1) is 22.1. The van der Waals surface area contributed by atoms with Gasteiger partial charge in [-0.15, -0.1) is 54.1 Å². The number of para-hydroxylation sites is 1. The van der Waals surface area contributed by atoms with Gasteiger partial charge in [0, 0.05) is 53.6 Å². The van der Waals surface area contributed by atoms with Crippen molar-refractivity contribution in [2.24, 2.45) is 0 Å². The van der Waals surface area contributed by atoms with Crippen LogP contribution < -0.4 is 5.19 Å². The van der Waals surface area contributed by atoms with E-state index in [2.05, 4.69) is 97.8 Å².